The van der Waals surface area contributed by atoms with Crippen LogP contribution < -0.4 is 5.32 Å². The van der Waals surface area contributed by atoms with E-state index in [1.54, 1.807) is 12.1 Å². The summed E-state index contributed by atoms with van der Waals surface area (Å²) >= 11 is 0. The summed E-state index contributed by atoms with van der Waals surface area (Å²) in [5, 5.41) is 11.4. The highest BCUT2D eigenvalue weighted by Gasteiger charge is 2.32. The number of pyridine rings is 1. The zero-order valence-corrected chi connectivity index (χ0v) is 10.3. The Bertz CT molecular complexity index is 485. The van der Waals surface area contributed by atoms with Crippen molar-refractivity contribution in [3.8, 4) is 11.8 Å². The zero-order valence-electron chi connectivity index (χ0n) is 10.3. The molecule has 94 valence electrons. The number of hydrogen-bond donors (Lipinski definition) is 2. The molecule has 0 spiro atoms. The third kappa shape index (κ3) is 3.31. The van der Waals surface area contributed by atoms with E-state index in [9.17, 15) is 4.79 Å². The van der Waals surface area contributed by atoms with E-state index in [1.165, 1.54) is 12.6 Å². The van der Waals surface area contributed by atoms with Gasteiger partial charge in [-0.3, -0.25) is 4.79 Å². The summed E-state index contributed by atoms with van der Waals surface area (Å²) in [6.45, 7) is 2.74. The first-order valence-corrected chi connectivity index (χ1v) is 6.04. The number of nitrogens with zero attached hydrogens (tertiary/aromatic N) is 1. The number of amides is 1. The maximum absolute atomic E-state index is 11.8. The Balaban J connectivity index is 1.89. The highest BCUT2D eigenvalue weighted by atomic mass is 16.2. The molecule has 4 nitrogen and oxygen atoms in total. The minimum atomic E-state index is -0.179. The van der Waals surface area contributed by atoms with Gasteiger partial charge in [-0.05, 0) is 30.4 Å². The Morgan fingerprint density at radius 3 is 2.94 bits per heavy atom. The minimum Gasteiger partial charge on any atom is -0.384 e. The number of nitrogens with one attached hydrogen (secondary N) is 1. The number of carbonyl (C=O) groups is 1. The molecule has 2 N–H and O–H groups in total. The number of aromatic nitrogens is 1. The number of carbonyl (C=O) groups excluding carboxylic acids is 1. The first-order valence-electron chi connectivity index (χ1n) is 6.04. The smallest absolute Gasteiger partial charge is 0.269 e. The van der Waals surface area contributed by atoms with E-state index in [-0.39, 0.29) is 12.5 Å². The van der Waals surface area contributed by atoms with Crippen LogP contribution in [-0.4, -0.2) is 29.1 Å². The second-order valence-corrected chi connectivity index (χ2v) is 4.58. The van der Waals surface area contributed by atoms with Crippen LogP contribution in [0.3, 0.4) is 0 Å². The van der Waals surface area contributed by atoms with Gasteiger partial charge in [0.1, 0.15) is 12.3 Å². The van der Waals surface area contributed by atoms with Gasteiger partial charge in [0.05, 0.1) is 0 Å². The molecule has 0 radical (unpaired) electrons. The molecule has 2 unspecified atom stereocenters. The minimum absolute atomic E-state index is 0.143. The predicted molar refractivity (Wildman–Crippen MR) is 67.8 cm³/mol. The van der Waals surface area contributed by atoms with Crippen molar-refractivity contribution in [1.82, 2.24) is 10.3 Å². The molecular formula is C14H16N2O2. The normalized spacial score (nSPS) is 20.8. The molecule has 1 aliphatic carbocycles. The summed E-state index contributed by atoms with van der Waals surface area (Å²) in [6.07, 6.45) is 2.74. The van der Waals surface area contributed by atoms with E-state index < -0.39 is 0 Å². The lowest BCUT2D eigenvalue weighted by molar-refractivity contribution is 0.0946. The van der Waals surface area contributed by atoms with Gasteiger partial charge in [-0.25, -0.2) is 4.98 Å². The van der Waals surface area contributed by atoms with Crippen molar-refractivity contribution in [2.45, 2.75) is 13.3 Å². The fraction of sp³-hybridized carbons (Fsp3) is 0.429. The van der Waals surface area contributed by atoms with E-state index in [1.807, 2.05) is 0 Å². The Hall–Kier alpha value is -1.86. The lowest BCUT2D eigenvalue weighted by Crippen LogP contribution is -2.26. The molecule has 18 heavy (non-hydrogen) atoms. The van der Waals surface area contributed by atoms with Crippen molar-refractivity contribution in [3.05, 3.63) is 29.6 Å². The van der Waals surface area contributed by atoms with E-state index >= 15 is 0 Å². The molecule has 1 aromatic heterocycles. The van der Waals surface area contributed by atoms with Gasteiger partial charge in [0, 0.05) is 18.3 Å². The van der Waals surface area contributed by atoms with Crippen LogP contribution in [0, 0.1) is 23.7 Å². The van der Waals surface area contributed by atoms with Crippen molar-refractivity contribution in [2.24, 2.45) is 11.8 Å². The Labute approximate surface area is 106 Å². The molecule has 0 saturated heterocycles. The molecular weight excluding hydrogens is 228 g/mol. The Morgan fingerprint density at radius 2 is 2.39 bits per heavy atom. The van der Waals surface area contributed by atoms with Crippen LogP contribution in [0.25, 0.3) is 0 Å². The summed E-state index contributed by atoms with van der Waals surface area (Å²) in [7, 11) is 0. The van der Waals surface area contributed by atoms with Crippen molar-refractivity contribution in [2.75, 3.05) is 13.2 Å². The SMILES string of the molecule is CC1CC1CNC(=O)c1ccc(C#CCO)cn1. The first-order chi connectivity index (χ1) is 8.70. The number of hydrogen-bond acceptors (Lipinski definition) is 3. The van der Waals surface area contributed by atoms with Crippen molar-refractivity contribution < 1.29 is 9.90 Å². The van der Waals surface area contributed by atoms with E-state index in [4.69, 9.17) is 5.11 Å². The molecule has 1 aromatic rings. The van der Waals surface area contributed by atoms with Crippen LogP contribution in [0.1, 0.15) is 29.4 Å². The maximum atomic E-state index is 11.8. The van der Waals surface area contributed by atoms with Crippen molar-refractivity contribution in [3.63, 3.8) is 0 Å². The van der Waals surface area contributed by atoms with Gasteiger partial charge < -0.3 is 10.4 Å². The molecule has 1 heterocycles. The molecule has 2 atom stereocenters. The highest BCUT2D eigenvalue weighted by Crippen LogP contribution is 2.36. The fourth-order valence-electron chi connectivity index (χ4n) is 1.74. The largest absolute Gasteiger partial charge is 0.384 e. The molecule has 1 saturated carbocycles. The summed E-state index contributed by atoms with van der Waals surface area (Å²) in [4.78, 5) is 15.8. The summed E-state index contributed by atoms with van der Waals surface area (Å²) in [5.74, 6) is 6.48. The second-order valence-electron chi connectivity index (χ2n) is 4.58. The number of aliphatic hydroxyl groups is 1. The standard InChI is InChI=1S/C14H16N2O2/c1-10-7-12(10)9-16-14(18)13-5-4-11(8-15-13)3-2-6-17/h4-5,8,10,12,17H,6-7,9H2,1H3,(H,16,18). The highest BCUT2D eigenvalue weighted by molar-refractivity contribution is 5.92. The van der Waals surface area contributed by atoms with E-state index in [2.05, 4.69) is 29.1 Å². The fourth-order valence-corrected chi connectivity index (χ4v) is 1.74. The van der Waals surface area contributed by atoms with Crippen LogP contribution >= 0.6 is 0 Å². The molecule has 2 rings (SSSR count). The van der Waals surface area contributed by atoms with Crippen LogP contribution in [-0.2, 0) is 0 Å². The second kappa shape index (κ2) is 5.65. The van der Waals surface area contributed by atoms with Crippen LogP contribution in [0.15, 0.2) is 18.3 Å². The first kappa shape index (κ1) is 12.6. The molecule has 1 fully saturated rings. The zero-order chi connectivity index (χ0) is 13.0. The summed E-state index contributed by atoms with van der Waals surface area (Å²) in [5.41, 5.74) is 1.09. The topological polar surface area (TPSA) is 62.2 Å². The van der Waals surface area contributed by atoms with Gasteiger partial charge in [0.2, 0.25) is 0 Å². The quantitative estimate of drug-likeness (QED) is 0.773. The van der Waals surface area contributed by atoms with Crippen molar-refractivity contribution in [1.29, 1.82) is 0 Å². The van der Waals surface area contributed by atoms with Gasteiger partial charge in [-0.2, -0.15) is 0 Å². The maximum Gasteiger partial charge on any atom is 0.269 e. The van der Waals surface area contributed by atoms with Crippen molar-refractivity contribution >= 4 is 5.91 Å². The molecule has 0 bridgehead atoms. The van der Waals surface area contributed by atoms with Crippen LogP contribution in [0.2, 0.25) is 0 Å². The van der Waals surface area contributed by atoms with Gasteiger partial charge >= 0.3 is 0 Å². The molecule has 1 amide bonds. The van der Waals surface area contributed by atoms with Crippen LogP contribution in [0.5, 0.6) is 0 Å². The third-order valence-electron chi connectivity index (χ3n) is 3.11. The Kier molecular flexibility index (Phi) is 3.96. The van der Waals surface area contributed by atoms with E-state index in [0.717, 1.165) is 12.5 Å². The molecule has 0 aliphatic heterocycles. The molecule has 4 heteroatoms. The summed E-state index contributed by atoms with van der Waals surface area (Å²) in [6, 6.07) is 3.37. The average molecular weight is 244 g/mol. The average Bonchev–Trinajstić information content (AvgIpc) is 3.10. The van der Waals surface area contributed by atoms with Crippen LogP contribution in [0.4, 0.5) is 0 Å². The Morgan fingerprint density at radius 1 is 1.61 bits per heavy atom. The monoisotopic (exact) mass is 244 g/mol. The van der Waals surface area contributed by atoms with E-state index in [0.29, 0.717) is 17.2 Å². The van der Waals surface area contributed by atoms with Gasteiger partial charge in [0.15, 0.2) is 0 Å². The molecule has 0 aromatic carbocycles. The van der Waals surface area contributed by atoms with Gasteiger partial charge in [-0.15, -0.1) is 0 Å². The summed E-state index contributed by atoms with van der Waals surface area (Å²) < 4.78 is 0. The number of aliphatic hydroxyl groups excluding tert-OH is 1. The number of rotatable bonds is 3. The third-order valence-corrected chi connectivity index (χ3v) is 3.11. The lowest BCUT2D eigenvalue weighted by Gasteiger charge is -2.03. The predicted octanol–water partition coefficient (Wildman–Crippen LogP) is 0.811. The lowest BCUT2D eigenvalue weighted by atomic mass is 10.2. The van der Waals surface area contributed by atoms with Gasteiger partial charge in [-0.1, -0.05) is 18.8 Å². The van der Waals surface area contributed by atoms with Gasteiger partial charge in [0.25, 0.3) is 5.91 Å². The molecule has 1 aliphatic rings.